The molecule has 5 nitrogen and oxygen atoms in total. The number of halogens is 4. The molecular formula is C21H16F4N2O3. The molecule has 9 heteroatoms. The van der Waals surface area contributed by atoms with Crippen molar-refractivity contribution in [3.8, 4) is 0 Å². The first-order chi connectivity index (χ1) is 14.3. The van der Waals surface area contributed by atoms with E-state index in [1.54, 1.807) is 0 Å². The summed E-state index contributed by atoms with van der Waals surface area (Å²) in [5.41, 5.74) is -0.0767. The van der Waals surface area contributed by atoms with Gasteiger partial charge < -0.3 is 14.6 Å². The number of amides is 1. The molecule has 1 unspecified atom stereocenters. The largest absolute Gasteiger partial charge is 0.373 e. The minimum absolute atomic E-state index is 0.0267. The van der Waals surface area contributed by atoms with Crippen molar-refractivity contribution in [2.45, 2.75) is 19.1 Å². The highest BCUT2D eigenvalue weighted by Gasteiger charge is 2.31. The molecule has 2 heterocycles. The van der Waals surface area contributed by atoms with Crippen molar-refractivity contribution in [2.75, 3.05) is 13.7 Å². The lowest BCUT2D eigenvalue weighted by molar-refractivity contribution is 0.0335. The average molecular weight is 420 g/mol. The minimum atomic E-state index is -2.73. The van der Waals surface area contributed by atoms with Gasteiger partial charge in [0, 0.05) is 29.4 Å². The Morgan fingerprint density at radius 2 is 1.87 bits per heavy atom. The van der Waals surface area contributed by atoms with Gasteiger partial charge in [0.2, 0.25) is 0 Å². The van der Waals surface area contributed by atoms with E-state index >= 15 is 0 Å². The van der Waals surface area contributed by atoms with Crippen molar-refractivity contribution >= 4 is 16.7 Å². The van der Waals surface area contributed by atoms with Crippen molar-refractivity contribution in [1.82, 2.24) is 9.88 Å². The maximum absolute atomic E-state index is 14.0. The van der Waals surface area contributed by atoms with Crippen LogP contribution in [0.2, 0.25) is 0 Å². The first-order valence-electron chi connectivity index (χ1n) is 9.04. The third-order valence-corrected chi connectivity index (χ3v) is 5.21. The van der Waals surface area contributed by atoms with Crippen molar-refractivity contribution in [2.24, 2.45) is 0 Å². The van der Waals surface area contributed by atoms with E-state index in [1.807, 2.05) is 0 Å². The number of carbonyl (C=O) groups excluding carboxylic acids is 1. The first kappa shape index (κ1) is 20.1. The van der Waals surface area contributed by atoms with Gasteiger partial charge in [-0.25, -0.2) is 17.6 Å². The number of H-pyrrole nitrogens is 1. The van der Waals surface area contributed by atoms with E-state index in [0.29, 0.717) is 11.3 Å². The normalized spacial score (nSPS) is 16.0. The molecule has 1 amide bonds. The van der Waals surface area contributed by atoms with E-state index in [4.69, 9.17) is 4.74 Å². The maximum atomic E-state index is 14.0. The zero-order valence-corrected chi connectivity index (χ0v) is 15.7. The number of nitrogens with one attached hydrogen (secondary N) is 1. The van der Waals surface area contributed by atoms with E-state index in [1.165, 1.54) is 30.1 Å². The molecule has 0 saturated heterocycles. The number of nitrogens with zero attached hydrogens (tertiary/aromatic N) is 1. The number of fused-ring (bicyclic) bond motifs is 3. The van der Waals surface area contributed by atoms with Gasteiger partial charge in [-0.2, -0.15) is 0 Å². The van der Waals surface area contributed by atoms with Crippen LogP contribution in [0.1, 0.15) is 39.6 Å². The van der Waals surface area contributed by atoms with Crippen LogP contribution < -0.4 is 5.56 Å². The molecule has 1 aliphatic rings. The van der Waals surface area contributed by atoms with Crippen LogP contribution in [0.25, 0.3) is 10.8 Å². The highest BCUT2D eigenvalue weighted by atomic mass is 19.3. The number of aromatic nitrogens is 1. The summed E-state index contributed by atoms with van der Waals surface area (Å²) < 4.78 is 59.1. The monoisotopic (exact) mass is 420 g/mol. The Morgan fingerprint density at radius 3 is 2.57 bits per heavy atom. The van der Waals surface area contributed by atoms with Gasteiger partial charge in [-0.15, -0.1) is 0 Å². The van der Waals surface area contributed by atoms with Crippen LogP contribution >= 0.6 is 0 Å². The van der Waals surface area contributed by atoms with Crippen LogP contribution in [0.15, 0.2) is 41.2 Å². The number of benzene rings is 2. The number of rotatable bonds is 3. The Kier molecular flexibility index (Phi) is 5.07. The second-order valence-corrected chi connectivity index (χ2v) is 7.03. The molecule has 1 atom stereocenters. The fraction of sp³-hybridized carbons (Fsp3) is 0.238. The summed E-state index contributed by atoms with van der Waals surface area (Å²) in [6.07, 6.45) is -2.73. The van der Waals surface area contributed by atoms with Gasteiger partial charge in [-0.3, -0.25) is 9.59 Å². The summed E-state index contributed by atoms with van der Waals surface area (Å²) >= 11 is 0. The summed E-state index contributed by atoms with van der Waals surface area (Å²) in [5.74, 6) is -2.84. The van der Waals surface area contributed by atoms with E-state index in [0.717, 1.165) is 18.2 Å². The van der Waals surface area contributed by atoms with Crippen molar-refractivity contribution in [1.29, 1.82) is 0 Å². The number of hydrogen-bond acceptors (Lipinski definition) is 3. The van der Waals surface area contributed by atoms with Crippen molar-refractivity contribution < 1.29 is 27.1 Å². The molecule has 156 valence electrons. The van der Waals surface area contributed by atoms with E-state index in [-0.39, 0.29) is 35.1 Å². The lowest BCUT2D eigenvalue weighted by atomic mass is 9.95. The van der Waals surface area contributed by atoms with Gasteiger partial charge >= 0.3 is 0 Å². The summed E-state index contributed by atoms with van der Waals surface area (Å²) in [6.45, 7) is 0.0584. The Balaban J connectivity index is 1.82. The summed E-state index contributed by atoms with van der Waals surface area (Å²) in [6, 6.07) is 6.08. The Bertz CT molecular complexity index is 1210. The lowest BCUT2D eigenvalue weighted by Crippen LogP contribution is -2.37. The SMILES string of the molecule is CN(C(=O)c1cccc(C(F)F)c1)C1COCc2[nH]c(=O)c3cc(F)c(F)cc3c21. The summed E-state index contributed by atoms with van der Waals surface area (Å²) in [7, 11) is 1.46. The second kappa shape index (κ2) is 7.56. The van der Waals surface area contributed by atoms with E-state index in [2.05, 4.69) is 4.98 Å². The van der Waals surface area contributed by atoms with Crippen LogP contribution in [-0.2, 0) is 11.3 Å². The van der Waals surface area contributed by atoms with Crippen molar-refractivity contribution in [3.05, 3.63) is 80.8 Å². The highest BCUT2D eigenvalue weighted by Crippen LogP contribution is 2.34. The number of aromatic amines is 1. The molecule has 1 aliphatic heterocycles. The van der Waals surface area contributed by atoms with E-state index < -0.39 is 35.6 Å². The third kappa shape index (κ3) is 3.35. The molecule has 0 aliphatic carbocycles. The molecule has 0 spiro atoms. The van der Waals surface area contributed by atoms with Crippen molar-refractivity contribution in [3.63, 3.8) is 0 Å². The third-order valence-electron chi connectivity index (χ3n) is 5.21. The standard InChI is InChI=1S/C21H16F4N2O3/c1-27(21(29)11-4-2-3-10(5-11)19(24)25)17-9-30-8-16-18(17)12-6-14(22)15(23)7-13(12)20(28)26-16/h2-7,17,19H,8-9H2,1H3,(H,26,28). The van der Waals surface area contributed by atoms with Crippen LogP contribution in [-0.4, -0.2) is 29.4 Å². The Hall–Kier alpha value is -3.20. The summed E-state index contributed by atoms with van der Waals surface area (Å²) in [4.78, 5) is 29.1. The molecule has 0 bridgehead atoms. The zero-order valence-electron chi connectivity index (χ0n) is 15.7. The van der Waals surface area contributed by atoms with Crippen LogP contribution in [0, 0.1) is 11.6 Å². The molecule has 1 aromatic heterocycles. The van der Waals surface area contributed by atoms with Gasteiger partial charge in [0.15, 0.2) is 11.6 Å². The predicted molar refractivity (Wildman–Crippen MR) is 100 cm³/mol. The molecule has 0 fully saturated rings. The van der Waals surface area contributed by atoms with Gasteiger partial charge in [0.25, 0.3) is 17.9 Å². The number of hydrogen-bond donors (Lipinski definition) is 1. The number of carbonyl (C=O) groups is 1. The molecule has 3 aromatic rings. The van der Waals surface area contributed by atoms with E-state index in [9.17, 15) is 27.2 Å². The van der Waals surface area contributed by atoms with Gasteiger partial charge in [0.1, 0.15) is 0 Å². The predicted octanol–water partition coefficient (Wildman–Crippen LogP) is 4.09. The number of likely N-dealkylation sites (N-methyl/N-ethyl adjacent to an activating group) is 1. The number of pyridine rings is 1. The highest BCUT2D eigenvalue weighted by molar-refractivity contribution is 5.95. The fourth-order valence-electron chi connectivity index (χ4n) is 3.70. The van der Waals surface area contributed by atoms with Crippen LogP contribution in [0.4, 0.5) is 17.6 Å². The topological polar surface area (TPSA) is 62.4 Å². The molecule has 2 aromatic carbocycles. The lowest BCUT2D eigenvalue weighted by Gasteiger charge is -2.34. The molecule has 1 N–H and O–H groups in total. The Morgan fingerprint density at radius 1 is 1.17 bits per heavy atom. The first-order valence-corrected chi connectivity index (χ1v) is 9.04. The number of alkyl halides is 2. The Labute approximate surface area is 167 Å². The molecule has 30 heavy (non-hydrogen) atoms. The smallest absolute Gasteiger partial charge is 0.263 e. The number of ether oxygens (including phenoxy) is 1. The fourth-order valence-corrected chi connectivity index (χ4v) is 3.70. The van der Waals surface area contributed by atoms with Crippen LogP contribution in [0.3, 0.4) is 0 Å². The molecule has 4 rings (SSSR count). The van der Waals surface area contributed by atoms with Gasteiger partial charge in [-0.05, 0) is 29.7 Å². The average Bonchev–Trinajstić information content (AvgIpc) is 2.73. The van der Waals surface area contributed by atoms with Gasteiger partial charge in [-0.1, -0.05) is 12.1 Å². The van der Waals surface area contributed by atoms with Gasteiger partial charge in [0.05, 0.1) is 24.6 Å². The second-order valence-electron chi connectivity index (χ2n) is 7.03. The quantitative estimate of drug-likeness (QED) is 0.650. The molecule has 0 radical (unpaired) electrons. The summed E-state index contributed by atoms with van der Waals surface area (Å²) in [5, 5.41) is 0.113. The molecule has 0 saturated carbocycles. The maximum Gasteiger partial charge on any atom is 0.263 e. The van der Waals surface area contributed by atoms with Crippen LogP contribution in [0.5, 0.6) is 0 Å². The minimum Gasteiger partial charge on any atom is -0.373 e. The molecular weight excluding hydrogens is 404 g/mol. The zero-order chi connectivity index (χ0) is 21.6.